The van der Waals surface area contributed by atoms with Crippen LogP contribution in [0, 0.1) is 16.7 Å². The van der Waals surface area contributed by atoms with Crippen molar-refractivity contribution in [2.45, 2.75) is 122 Å². The van der Waals surface area contributed by atoms with Crippen LogP contribution in [0.25, 0.3) is 0 Å². The van der Waals surface area contributed by atoms with Crippen LogP contribution in [0.3, 0.4) is 0 Å². The maximum Gasteiger partial charge on any atom is 0.407 e. The predicted molar refractivity (Wildman–Crippen MR) is 155 cm³/mol. The normalized spacial score (nSPS) is 38.8. The molecule has 1 amide bonds. The molecule has 0 aromatic heterocycles. The van der Waals surface area contributed by atoms with E-state index in [9.17, 15) is 44.4 Å². The van der Waals surface area contributed by atoms with Gasteiger partial charge >= 0.3 is 18.0 Å². The number of alkyl carbamates (subject to hydrolysis) is 1. The SMILES string of the molecule is CC(=O)O[C@@]12CO[C@@H]1C[C@H](O)[C@@]1(C)C(=O)[C@H](O)C3=C(C)[C@@H](OC(=O)[C@H](O)CNC(=O)OC(C)(C)C)C[C@@](O)([C@@H](OC=O)[C@H]21)C3(C)C. The maximum atomic E-state index is 14.4. The fourth-order valence-corrected chi connectivity index (χ4v) is 7.90. The van der Waals surface area contributed by atoms with Crippen molar-refractivity contribution in [1.82, 2.24) is 5.32 Å². The molecule has 15 nitrogen and oxygen atoms in total. The Balaban J connectivity index is 1.80. The third kappa shape index (κ3) is 5.49. The first kappa shape index (κ1) is 35.7. The smallest absolute Gasteiger partial charge is 0.407 e. The highest BCUT2D eigenvalue weighted by atomic mass is 16.6. The summed E-state index contributed by atoms with van der Waals surface area (Å²) in [6.45, 7) is 11.2. The van der Waals surface area contributed by atoms with Gasteiger partial charge in [-0.15, -0.1) is 0 Å². The van der Waals surface area contributed by atoms with Crippen molar-refractivity contribution in [2.75, 3.05) is 13.2 Å². The lowest BCUT2D eigenvalue weighted by atomic mass is 9.44. The van der Waals surface area contributed by atoms with E-state index in [1.54, 1.807) is 20.8 Å². The second-order valence-corrected chi connectivity index (χ2v) is 14.5. The number of hydrogen-bond donors (Lipinski definition) is 5. The molecule has 3 fully saturated rings. The molecular weight excluding hydrogens is 610 g/mol. The molecule has 258 valence electrons. The summed E-state index contributed by atoms with van der Waals surface area (Å²) in [6, 6.07) is 0. The minimum atomic E-state index is -2.23. The average molecular weight is 656 g/mol. The van der Waals surface area contributed by atoms with E-state index in [0.717, 1.165) is 6.92 Å². The molecule has 1 heterocycles. The molecule has 0 aromatic rings. The van der Waals surface area contributed by atoms with E-state index in [1.807, 2.05) is 0 Å². The molecule has 10 atom stereocenters. The van der Waals surface area contributed by atoms with Gasteiger partial charge in [0.15, 0.2) is 17.5 Å². The second-order valence-electron chi connectivity index (χ2n) is 14.5. The summed E-state index contributed by atoms with van der Waals surface area (Å²) in [7, 11) is 0. The standard InChI is InChI=1S/C31H45NO14/c1-14-17(44-25(39)16(35)11-32-26(40)46-27(3,4)5)10-31(41)24(43-13-33)22-29(8,23(38)21(37)20(14)28(31,6)7)18(36)9-19-30(22,12-42-19)45-15(2)34/h13,16-19,21-22,24,35-37,41H,9-12H2,1-8H3,(H,32,40)/t16-,17+,18+,19-,21-,22+,24+,29-,30+,31-/m1/s1. The molecule has 0 aromatic carbocycles. The number of Topliss-reactive ketones (excluding diaryl/α,β-unsaturated/α-hetero) is 1. The first-order valence-electron chi connectivity index (χ1n) is 15.2. The number of carbonyl (C=O) groups excluding carboxylic acids is 5. The Hall–Kier alpha value is -3.11. The summed E-state index contributed by atoms with van der Waals surface area (Å²) in [5, 5.41) is 48.7. The number of nitrogens with one attached hydrogen (secondary N) is 1. The largest absolute Gasteiger partial charge is 0.461 e. The molecule has 15 heteroatoms. The highest BCUT2D eigenvalue weighted by Crippen LogP contribution is 2.63. The third-order valence-corrected chi connectivity index (χ3v) is 10.2. The lowest BCUT2D eigenvalue weighted by Crippen LogP contribution is -2.81. The van der Waals surface area contributed by atoms with Gasteiger partial charge in [-0.05, 0) is 45.8 Å². The zero-order valence-electron chi connectivity index (χ0n) is 27.3. The van der Waals surface area contributed by atoms with E-state index in [1.165, 1.54) is 27.7 Å². The molecule has 0 unspecified atom stereocenters. The minimum absolute atomic E-state index is 0.0367. The fourth-order valence-electron chi connectivity index (χ4n) is 7.90. The monoisotopic (exact) mass is 655 g/mol. The molecule has 46 heavy (non-hydrogen) atoms. The van der Waals surface area contributed by atoms with E-state index in [-0.39, 0.29) is 30.6 Å². The Morgan fingerprint density at radius 2 is 1.80 bits per heavy atom. The van der Waals surface area contributed by atoms with Gasteiger partial charge in [0.2, 0.25) is 0 Å². The van der Waals surface area contributed by atoms with Crippen molar-refractivity contribution in [3.8, 4) is 0 Å². The van der Waals surface area contributed by atoms with Crippen molar-refractivity contribution in [2.24, 2.45) is 16.7 Å². The number of hydrogen-bond acceptors (Lipinski definition) is 14. The molecular formula is C31H45NO14. The Kier molecular flexibility index (Phi) is 9.20. The average Bonchev–Trinajstić information content (AvgIpc) is 2.92. The molecule has 5 N–H and O–H groups in total. The number of ether oxygens (including phenoxy) is 5. The van der Waals surface area contributed by atoms with Crippen LogP contribution in [-0.2, 0) is 42.9 Å². The molecule has 4 rings (SSSR count). The van der Waals surface area contributed by atoms with Crippen molar-refractivity contribution in [3.05, 3.63) is 11.1 Å². The van der Waals surface area contributed by atoms with Gasteiger partial charge in [0, 0.05) is 25.2 Å². The Labute approximate surface area is 266 Å². The Morgan fingerprint density at radius 3 is 2.33 bits per heavy atom. The molecule has 0 spiro atoms. The maximum absolute atomic E-state index is 14.4. The second kappa shape index (κ2) is 11.8. The quantitative estimate of drug-likeness (QED) is 0.104. The molecule has 4 aliphatic rings. The first-order chi connectivity index (χ1) is 21.1. The van der Waals surface area contributed by atoms with E-state index < -0.39 is 107 Å². The van der Waals surface area contributed by atoms with Gasteiger partial charge < -0.3 is 49.4 Å². The van der Waals surface area contributed by atoms with Crippen LogP contribution in [0.5, 0.6) is 0 Å². The molecule has 2 bridgehead atoms. The highest BCUT2D eigenvalue weighted by molar-refractivity contribution is 5.93. The van der Waals surface area contributed by atoms with Crippen molar-refractivity contribution < 1.29 is 68.1 Å². The molecule has 0 radical (unpaired) electrons. The van der Waals surface area contributed by atoms with Gasteiger partial charge in [0.1, 0.15) is 35.6 Å². The van der Waals surface area contributed by atoms with Gasteiger partial charge in [0.25, 0.3) is 6.47 Å². The summed E-state index contributed by atoms with van der Waals surface area (Å²) < 4.78 is 27.8. The van der Waals surface area contributed by atoms with E-state index >= 15 is 0 Å². The van der Waals surface area contributed by atoms with Gasteiger partial charge in [-0.25, -0.2) is 9.59 Å². The zero-order chi connectivity index (χ0) is 34.8. The number of esters is 2. The van der Waals surface area contributed by atoms with Gasteiger partial charge in [-0.3, -0.25) is 14.4 Å². The lowest BCUT2D eigenvalue weighted by molar-refractivity contribution is -0.346. The van der Waals surface area contributed by atoms with Crippen LogP contribution in [0.15, 0.2) is 11.1 Å². The summed E-state index contributed by atoms with van der Waals surface area (Å²) >= 11 is 0. The highest BCUT2D eigenvalue weighted by Gasteiger charge is 2.77. The Bertz CT molecular complexity index is 1320. The molecule has 2 saturated carbocycles. The molecule has 1 saturated heterocycles. The molecule has 3 aliphatic carbocycles. The molecule has 1 aliphatic heterocycles. The van der Waals surface area contributed by atoms with Crippen molar-refractivity contribution >= 4 is 30.3 Å². The number of aliphatic hydroxyl groups is 4. The lowest BCUT2D eigenvalue weighted by Gasteiger charge is -2.67. The van der Waals surface area contributed by atoms with Crippen LogP contribution >= 0.6 is 0 Å². The predicted octanol–water partition coefficient (Wildman–Crippen LogP) is -0.166. The summed E-state index contributed by atoms with van der Waals surface area (Å²) in [4.78, 5) is 64.0. The first-order valence-corrected chi connectivity index (χ1v) is 15.2. The van der Waals surface area contributed by atoms with Crippen LogP contribution in [0.2, 0.25) is 0 Å². The van der Waals surface area contributed by atoms with E-state index in [0.29, 0.717) is 0 Å². The van der Waals surface area contributed by atoms with Gasteiger partial charge in [-0.1, -0.05) is 13.8 Å². The summed E-state index contributed by atoms with van der Waals surface area (Å²) in [6.07, 6.45) is -10.8. The topological polar surface area (TPSA) is 224 Å². The van der Waals surface area contributed by atoms with Crippen LogP contribution in [-0.4, -0.2) is 117 Å². The fraction of sp³-hybridized carbons (Fsp3) is 0.774. The Morgan fingerprint density at radius 1 is 1.17 bits per heavy atom. The zero-order valence-corrected chi connectivity index (χ0v) is 27.3. The number of carbonyl (C=O) groups is 5. The minimum Gasteiger partial charge on any atom is -0.461 e. The van der Waals surface area contributed by atoms with Gasteiger partial charge in [0.05, 0.1) is 30.6 Å². The van der Waals surface area contributed by atoms with Crippen LogP contribution < -0.4 is 5.32 Å². The third-order valence-electron chi connectivity index (χ3n) is 10.2. The summed E-state index contributed by atoms with van der Waals surface area (Å²) in [5.41, 5.74) is -8.02. The number of rotatable bonds is 7. The number of ketones is 1. The van der Waals surface area contributed by atoms with E-state index in [2.05, 4.69) is 5.32 Å². The summed E-state index contributed by atoms with van der Waals surface area (Å²) in [5.74, 6) is -4.27. The number of aliphatic hydroxyl groups excluding tert-OH is 3. The van der Waals surface area contributed by atoms with Crippen LogP contribution in [0.1, 0.15) is 68.2 Å². The van der Waals surface area contributed by atoms with Gasteiger partial charge in [-0.2, -0.15) is 0 Å². The van der Waals surface area contributed by atoms with Crippen molar-refractivity contribution in [3.63, 3.8) is 0 Å². The van der Waals surface area contributed by atoms with Crippen LogP contribution in [0.4, 0.5) is 4.79 Å². The number of amides is 1. The van der Waals surface area contributed by atoms with E-state index in [4.69, 9.17) is 23.7 Å². The van der Waals surface area contributed by atoms with Crippen molar-refractivity contribution in [1.29, 1.82) is 0 Å². The number of fused-ring (bicyclic) bond motifs is 5.